The molecule has 0 amide bonds. The molecule has 0 saturated heterocycles. The maximum Gasteiger partial charge on any atom is 0.264 e. The monoisotopic (exact) mass is 286 g/mol. The molecule has 1 aromatic carbocycles. The lowest BCUT2D eigenvalue weighted by Gasteiger charge is -2.03. The van der Waals surface area contributed by atoms with Gasteiger partial charge in [0.15, 0.2) is 12.4 Å². The maximum absolute atomic E-state index is 13.1. The highest BCUT2D eigenvalue weighted by Crippen LogP contribution is 2.21. The van der Waals surface area contributed by atoms with Crippen molar-refractivity contribution >= 4 is 15.9 Å². The molecular formula is C10H8BrFN2O2. The number of halogens is 2. The van der Waals surface area contributed by atoms with Gasteiger partial charge in [0.05, 0.1) is 4.47 Å². The molecule has 0 aliphatic heterocycles. The Morgan fingerprint density at radius 3 is 2.94 bits per heavy atom. The number of hydrogen-bond acceptors (Lipinski definition) is 4. The van der Waals surface area contributed by atoms with Crippen molar-refractivity contribution in [2.24, 2.45) is 0 Å². The first kappa shape index (κ1) is 11.1. The minimum absolute atomic E-state index is 0.127. The number of nitrogens with zero attached hydrogens (tertiary/aromatic N) is 2. The largest absolute Gasteiger partial charge is 0.484 e. The molecule has 6 heteroatoms. The first-order valence-electron chi connectivity index (χ1n) is 4.52. The van der Waals surface area contributed by atoms with E-state index in [1.54, 1.807) is 19.1 Å². The highest BCUT2D eigenvalue weighted by atomic mass is 79.9. The summed E-state index contributed by atoms with van der Waals surface area (Å²) in [4.78, 5) is 3.96. The molecule has 0 N–H and O–H groups in total. The van der Waals surface area contributed by atoms with Gasteiger partial charge in [-0.05, 0) is 35.0 Å². The molecule has 0 bridgehead atoms. The minimum Gasteiger partial charge on any atom is -0.484 e. The first-order chi connectivity index (χ1) is 7.65. The van der Waals surface area contributed by atoms with Gasteiger partial charge in [0.25, 0.3) is 5.89 Å². The van der Waals surface area contributed by atoms with E-state index in [0.717, 1.165) is 0 Å². The van der Waals surface area contributed by atoms with E-state index in [2.05, 4.69) is 26.1 Å². The van der Waals surface area contributed by atoms with Gasteiger partial charge < -0.3 is 9.26 Å². The van der Waals surface area contributed by atoms with E-state index in [-0.39, 0.29) is 12.4 Å². The number of benzene rings is 1. The number of rotatable bonds is 3. The Bertz CT molecular complexity index is 501. The summed E-state index contributed by atoms with van der Waals surface area (Å²) in [5.41, 5.74) is 0. The van der Waals surface area contributed by atoms with Crippen LogP contribution in [0.15, 0.2) is 27.2 Å². The van der Waals surface area contributed by atoms with E-state index >= 15 is 0 Å². The lowest BCUT2D eigenvalue weighted by atomic mass is 10.3. The fourth-order valence-corrected chi connectivity index (χ4v) is 1.36. The summed E-state index contributed by atoms with van der Waals surface area (Å²) in [5.74, 6) is 0.942. The van der Waals surface area contributed by atoms with Crippen LogP contribution in [-0.4, -0.2) is 10.1 Å². The van der Waals surface area contributed by atoms with Crippen LogP contribution in [0.2, 0.25) is 0 Å². The van der Waals surface area contributed by atoms with E-state index in [1.165, 1.54) is 6.07 Å². The highest BCUT2D eigenvalue weighted by Gasteiger charge is 2.05. The third kappa shape index (κ3) is 2.57. The first-order valence-corrected chi connectivity index (χ1v) is 5.31. The SMILES string of the molecule is Cc1noc(COc2ccc(Br)c(F)c2)n1. The molecule has 0 saturated carbocycles. The molecule has 0 atom stereocenters. The van der Waals surface area contributed by atoms with Crippen LogP contribution in [0.1, 0.15) is 11.7 Å². The van der Waals surface area contributed by atoms with Crippen molar-refractivity contribution in [1.82, 2.24) is 10.1 Å². The van der Waals surface area contributed by atoms with Crippen LogP contribution in [0.5, 0.6) is 5.75 Å². The van der Waals surface area contributed by atoms with Crippen molar-refractivity contribution in [3.63, 3.8) is 0 Å². The number of aryl methyl sites for hydroxylation is 1. The van der Waals surface area contributed by atoms with Crippen molar-refractivity contribution in [2.75, 3.05) is 0 Å². The molecule has 2 aromatic rings. The summed E-state index contributed by atoms with van der Waals surface area (Å²) >= 11 is 3.06. The fourth-order valence-electron chi connectivity index (χ4n) is 1.11. The lowest BCUT2D eigenvalue weighted by molar-refractivity contribution is 0.241. The molecule has 0 spiro atoms. The average molecular weight is 287 g/mol. The van der Waals surface area contributed by atoms with Crippen molar-refractivity contribution in [1.29, 1.82) is 0 Å². The summed E-state index contributed by atoms with van der Waals surface area (Å²) in [6, 6.07) is 4.51. The summed E-state index contributed by atoms with van der Waals surface area (Å²) in [6.07, 6.45) is 0. The zero-order valence-electron chi connectivity index (χ0n) is 8.41. The van der Waals surface area contributed by atoms with Gasteiger partial charge in [-0.15, -0.1) is 0 Å². The molecule has 1 aromatic heterocycles. The quantitative estimate of drug-likeness (QED) is 0.871. The molecule has 0 aliphatic rings. The Kier molecular flexibility index (Phi) is 3.19. The Morgan fingerprint density at radius 2 is 2.31 bits per heavy atom. The Morgan fingerprint density at radius 1 is 1.50 bits per heavy atom. The second kappa shape index (κ2) is 4.61. The van der Waals surface area contributed by atoms with Gasteiger partial charge in [0.2, 0.25) is 0 Å². The molecule has 0 unspecified atom stereocenters. The zero-order valence-corrected chi connectivity index (χ0v) is 9.99. The summed E-state index contributed by atoms with van der Waals surface area (Å²) in [5, 5.41) is 3.61. The van der Waals surface area contributed by atoms with E-state index in [4.69, 9.17) is 9.26 Å². The predicted molar refractivity (Wildman–Crippen MR) is 57.5 cm³/mol. The number of hydrogen-bond donors (Lipinski definition) is 0. The molecule has 1 heterocycles. The van der Waals surface area contributed by atoms with Crippen LogP contribution in [0.3, 0.4) is 0 Å². The number of aromatic nitrogens is 2. The molecule has 0 radical (unpaired) electrons. The normalized spacial score (nSPS) is 10.4. The smallest absolute Gasteiger partial charge is 0.264 e. The van der Waals surface area contributed by atoms with Crippen LogP contribution >= 0.6 is 15.9 Å². The van der Waals surface area contributed by atoms with Gasteiger partial charge in [-0.2, -0.15) is 4.98 Å². The minimum atomic E-state index is -0.376. The summed E-state index contributed by atoms with van der Waals surface area (Å²) < 4.78 is 23.7. The maximum atomic E-state index is 13.1. The second-order valence-corrected chi connectivity index (χ2v) is 3.95. The van der Waals surface area contributed by atoms with Gasteiger partial charge in [-0.3, -0.25) is 0 Å². The lowest BCUT2D eigenvalue weighted by Crippen LogP contribution is -1.96. The van der Waals surface area contributed by atoms with E-state index in [1.807, 2.05) is 0 Å². The van der Waals surface area contributed by atoms with Crippen molar-refractivity contribution in [3.05, 3.63) is 40.2 Å². The second-order valence-electron chi connectivity index (χ2n) is 3.10. The van der Waals surface area contributed by atoms with E-state index in [0.29, 0.717) is 21.9 Å². The third-order valence-electron chi connectivity index (χ3n) is 1.82. The molecule has 84 valence electrons. The number of ether oxygens (including phenoxy) is 1. The predicted octanol–water partition coefficient (Wildman–Crippen LogP) is 2.86. The van der Waals surface area contributed by atoms with Gasteiger partial charge in [0.1, 0.15) is 11.6 Å². The van der Waals surface area contributed by atoms with Crippen LogP contribution in [0.25, 0.3) is 0 Å². The van der Waals surface area contributed by atoms with Crippen LogP contribution in [0.4, 0.5) is 4.39 Å². The zero-order chi connectivity index (χ0) is 11.5. The van der Waals surface area contributed by atoms with Gasteiger partial charge in [0, 0.05) is 6.07 Å². The van der Waals surface area contributed by atoms with Gasteiger partial charge >= 0.3 is 0 Å². The Labute approximate surface area is 99.5 Å². The summed E-state index contributed by atoms with van der Waals surface area (Å²) in [7, 11) is 0. The van der Waals surface area contributed by atoms with Crippen molar-refractivity contribution in [3.8, 4) is 5.75 Å². The molecule has 4 nitrogen and oxygen atoms in total. The van der Waals surface area contributed by atoms with Crippen LogP contribution in [-0.2, 0) is 6.61 Å². The van der Waals surface area contributed by atoms with Crippen molar-refractivity contribution in [2.45, 2.75) is 13.5 Å². The standard InChI is InChI=1S/C10H8BrFN2O2/c1-6-13-10(16-14-6)5-15-7-2-3-8(11)9(12)4-7/h2-4H,5H2,1H3. The van der Waals surface area contributed by atoms with Crippen LogP contribution in [0, 0.1) is 12.7 Å². The topological polar surface area (TPSA) is 48.2 Å². The Hall–Kier alpha value is -1.43. The molecule has 2 rings (SSSR count). The van der Waals surface area contributed by atoms with Crippen molar-refractivity contribution < 1.29 is 13.7 Å². The third-order valence-corrected chi connectivity index (χ3v) is 2.47. The molecule has 16 heavy (non-hydrogen) atoms. The Balaban J connectivity index is 2.02. The van der Waals surface area contributed by atoms with Crippen LogP contribution < -0.4 is 4.74 Å². The average Bonchev–Trinajstić information content (AvgIpc) is 2.66. The highest BCUT2D eigenvalue weighted by molar-refractivity contribution is 9.10. The van der Waals surface area contributed by atoms with Gasteiger partial charge in [-0.1, -0.05) is 5.16 Å². The van der Waals surface area contributed by atoms with E-state index < -0.39 is 0 Å². The van der Waals surface area contributed by atoms with Gasteiger partial charge in [-0.25, -0.2) is 4.39 Å². The summed E-state index contributed by atoms with van der Waals surface area (Å²) in [6.45, 7) is 1.84. The molecule has 0 aliphatic carbocycles. The fraction of sp³-hybridized carbons (Fsp3) is 0.200. The van der Waals surface area contributed by atoms with E-state index in [9.17, 15) is 4.39 Å². The molecular weight excluding hydrogens is 279 g/mol. The molecule has 0 fully saturated rings.